The molecule has 0 aromatic carbocycles. The highest BCUT2D eigenvalue weighted by Crippen LogP contribution is 2.17. The highest BCUT2D eigenvalue weighted by molar-refractivity contribution is 7.92. The summed E-state index contributed by atoms with van der Waals surface area (Å²) in [4.78, 5) is 12.2. The molecular formula is C11H21N5O3S. The van der Waals surface area contributed by atoms with Crippen LogP contribution in [0.15, 0.2) is 0 Å². The lowest BCUT2D eigenvalue weighted by molar-refractivity contribution is 0.312. The number of nitrogens with one attached hydrogen (secondary N) is 2. The molecule has 0 aliphatic heterocycles. The van der Waals surface area contributed by atoms with Gasteiger partial charge in [0, 0.05) is 19.8 Å². The first-order valence-corrected chi connectivity index (χ1v) is 8.09. The van der Waals surface area contributed by atoms with Crippen molar-refractivity contribution >= 4 is 21.7 Å². The average molecular weight is 303 g/mol. The van der Waals surface area contributed by atoms with E-state index in [0.29, 0.717) is 12.6 Å². The van der Waals surface area contributed by atoms with Gasteiger partial charge in [-0.25, -0.2) is 8.42 Å². The lowest BCUT2D eigenvalue weighted by atomic mass is 10.2. The molecule has 0 saturated carbocycles. The van der Waals surface area contributed by atoms with Gasteiger partial charge in [0.05, 0.1) is 11.4 Å². The van der Waals surface area contributed by atoms with Crippen molar-refractivity contribution in [2.45, 2.75) is 25.5 Å². The number of sulfone groups is 1. The number of ether oxygens (including phenoxy) is 1. The Morgan fingerprint density at radius 1 is 1.20 bits per heavy atom. The molecule has 114 valence electrons. The van der Waals surface area contributed by atoms with Crippen molar-refractivity contribution in [3.05, 3.63) is 0 Å². The van der Waals surface area contributed by atoms with Crippen molar-refractivity contribution in [1.29, 1.82) is 0 Å². The van der Waals surface area contributed by atoms with Crippen LogP contribution in [0.3, 0.4) is 0 Å². The van der Waals surface area contributed by atoms with E-state index in [-0.39, 0.29) is 18.5 Å². The Bertz CT molecular complexity index is 559. The molecule has 0 radical (unpaired) electrons. The summed E-state index contributed by atoms with van der Waals surface area (Å²) in [5.74, 6) is 0.618. The van der Waals surface area contributed by atoms with E-state index in [0.717, 1.165) is 0 Å². The van der Waals surface area contributed by atoms with E-state index in [1.807, 2.05) is 6.92 Å². The zero-order chi connectivity index (χ0) is 15.4. The molecule has 20 heavy (non-hydrogen) atoms. The standard InChI is InChI=1S/C11H21N5O3S/c1-6-19-10-15-8(12-4)14-9(16-10)13-7-11(2,3)20(5,17)18/h6-7H2,1-5H3,(H2,12,13,14,15,16). The topological polar surface area (TPSA) is 106 Å². The summed E-state index contributed by atoms with van der Waals surface area (Å²) in [6.07, 6.45) is 1.20. The molecule has 1 aromatic rings. The summed E-state index contributed by atoms with van der Waals surface area (Å²) in [7, 11) is -1.51. The Labute approximate surface area is 119 Å². The molecule has 1 heterocycles. The van der Waals surface area contributed by atoms with E-state index < -0.39 is 14.6 Å². The zero-order valence-corrected chi connectivity index (χ0v) is 13.2. The van der Waals surface area contributed by atoms with Crippen LogP contribution in [0.2, 0.25) is 0 Å². The monoisotopic (exact) mass is 303 g/mol. The predicted molar refractivity (Wildman–Crippen MR) is 78.0 cm³/mol. The summed E-state index contributed by atoms with van der Waals surface area (Å²) in [5, 5.41) is 5.70. The normalized spacial score (nSPS) is 12.1. The lowest BCUT2D eigenvalue weighted by Crippen LogP contribution is -2.38. The van der Waals surface area contributed by atoms with Gasteiger partial charge in [-0.1, -0.05) is 0 Å². The number of anilines is 2. The maximum atomic E-state index is 11.6. The Morgan fingerprint density at radius 2 is 1.80 bits per heavy atom. The molecule has 1 aromatic heterocycles. The van der Waals surface area contributed by atoms with E-state index in [1.54, 1.807) is 20.9 Å². The molecule has 8 nitrogen and oxygen atoms in total. The second-order valence-electron chi connectivity index (χ2n) is 4.83. The van der Waals surface area contributed by atoms with Crippen LogP contribution in [-0.4, -0.2) is 54.6 Å². The Morgan fingerprint density at radius 3 is 2.30 bits per heavy atom. The predicted octanol–water partition coefficient (Wildman–Crippen LogP) is 0.547. The summed E-state index contributed by atoms with van der Waals surface area (Å²) in [6.45, 7) is 5.71. The van der Waals surface area contributed by atoms with Crippen LogP contribution < -0.4 is 15.4 Å². The van der Waals surface area contributed by atoms with Gasteiger partial charge in [-0.05, 0) is 20.8 Å². The van der Waals surface area contributed by atoms with Gasteiger partial charge in [0.1, 0.15) is 0 Å². The largest absolute Gasteiger partial charge is 0.464 e. The Balaban J connectivity index is 2.90. The molecule has 0 bridgehead atoms. The SMILES string of the molecule is CCOc1nc(NC)nc(NCC(C)(C)S(C)(=O)=O)n1. The van der Waals surface area contributed by atoms with E-state index >= 15 is 0 Å². The third-order valence-corrected chi connectivity index (χ3v) is 4.94. The van der Waals surface area contributed by atoms with Crippen LogP contribution in [0.5, 0.6) is 6.01 Å². The molecule has 0 amide bonds. The Kier molecular flexibility index (Phi) is 5.09. The maximum absolute atomic E-state index is 11.6. The molecule has 0 aliphatic rings. The lowest BCUT2D eigenvalue weighted by Gasteiger charge is -2.22. The Hall–Kier alpha value is -1.64. The third kappa shape index (κ3) is 4.19. The minimum Gasteiger partial charge on any atom is -0.464 e. The summed E-state index contributed by atoms with van der Waals surface area (Å²) in [6, 6.07) is 0.187. The van der Waals surface area contributed by atoms with Gasteiger partial charge in [-0.15, -0.1) is 0 Å². The molecule has 0 saturated heterocycles. The molecule has 0 atom stereocenters. The van der Waals surface area contributed by atoms with Gasteiger partial charge < -0.3 is 15.4 Å². The van der Waals surface area contributed by atoms with Gasteiger partial charge in [-0.3, -0.25) is 0 Å². The highest BCUT2D eigenvalue weighted by atomic mass is 32.2. The summed E-state index contributed by atoms with van der Waals surface area (Å²) in [5.41, 5.74) is 0. The van der Waals surface area contributed by atoms with Crippen molar-refractivity contribution in [3.63, 3.8) is 0 Å². The first-order chi connectivity index (χ1) is 9.19. The minimum atomic E-state index is -3.19. The minimum absolute atomic E-state index is 0.185. The second-order valence-corrected chi connectivity index (χ2v) is 7.48. The number of aromatic nitrogens is 3. The summed E-state index contributed by atoms with van der Waals surface area (Å²) < 4.78 is 27.6. The fourth-order valence-corrected chi connectivity index (χ4v) is 1.50. The fraction of sp³-hybridized carbons (Fsp3) is 0.727. The molecular weight excluding hydrogens is 282 g/mol. The average Bonchev–Trinajstić information content (AvgIpc) is 2.35. The second kappa shape index (κ2) is 6.21. The van der Waals surface area contributed by atoms with Crippen LogP contribution in [0, 0.1) is 0 Å². The van der Waals surface area contributed by atoms with E-state index in [2.05, 4.69) is 25.6 Å². The van der Waals surface area contributed by atoms with Gasteiger partial charge in [0.25, 0.3) is 0 Å². The molecule has 2 N–H and O–H groups in total. The van der Waals surface area contributed by atoms with Gasteiger partial charge in [-0.2, -0.15) is 15.0 Å². The first kappa shape index (κ1) is 16.4. The van der Waals surface area contributed by atoms with Crippen molar-refractivity contribution in [1.82, 2.24) is 15.0 Å². The van der Waals surface area contributed by atoms with E-state index in [1.165, 1.54) is 6.26 Å². The highest BCUT2D eigenvalue weighted by Gasteiger charge is 2.30. The van der Waals surface area contributed by atoms with E-state index in [4.69, 9.17) is 4.74 Å². The van der Waals surface area contributed by atoms with Crippen LogP contribution in [0.1, 0.15) is 20.8 Å². The van der Waals surface area contributed by atoms with Crippen molar-refractivity contribution in [3.8, 4) is 6.01 Å². The molecule has 0 aliphatic carbocycles. The third-order valence-electron chi connectivity index (χ3n) is 2.79. The van der Waals surface area contributed by atoms with Crippen molar-refractivity contribution < 1.29 is 13.2 Å². The molecule has 9 heteroatoms. The number of rotatable bonds is 7. The van der Waals surface area contributed by atoms with Crippen LogP contribution in [0.25, 0.3) is 0 Å². The van der Waals surface area contributed by atoms with Gasteiger partial charge in [0.15, 0.2) is 9.84 Å². The number of hydrogen-bond acceptors (Lipinski definition) is 8. The van der Waals surface area contributed by atoms with Crippen LogP contribution >= 0.6 is 0 Å². The maximum Gasteiger partial charge on any atom is 0.323 e. The molecule has 0 spiro atoms. The zero-order valence-electron chi connectivity index (χ0n) is 12.4. The summed E-state index contributed by atoms with van der Waals surface area (Å²) >= 11 is 0. The van der Waals surface area contributed by atoms with Crippen LogP contribution in [0.4, 0.5) is 11.9 Å². The van der Waals surface area contributed by atoms with Gasteiger partial charge >= 0.3 is 6.01 Å². The number of hydrogen-bond donors (Lipinski definition) is 2. The molecule has 1 rings (SSSR count). The van der Waals surface area contributed by atoms with Crippen molar-refractivity contribution in [2.24, 2.45) is 0 Å². The number of nitrogens with zero attached hydrogens (tertiary/aromatic N) is 3. The fourth-order valence-electron chi connectivity index (χ4n) is 1.16. The van der Waals surface area contributed by atoms with E-state index in [9.17, 15) is 8.42 Å². The molecule has 0 unspecified atom stereocenters. The molecule has 0 fully saturated rings. The first-order valence-electron chi connectivity index (χ1n) is 6.19. The quantitative estimate of drug-likeness (QED) is 0.752. The van der Waals surface area contributed by atoms with Crippen molar-refractivity contribution in [2.75, 3.05) is 37.1 Å². The van der Waals surface area contributed by atoms with Gasteiger partial charge in [0.2, 0.25) is 11.9 Å². The van der Waals surface area contributed by atoms with Crippen LogP contribution in [-0.2, 0) is 9.84 Å². The smallest absolute Gasteiger partial charge is 0.323 e.